The van der Waals surface area contributed by atoms with Crippen LogP contribution >= 0.6 is 0 Å². The number of aliphatic imine (C=N–C) groups is 1. The zero-order valence-corrected chi connectivity index (χ0v) is 24.1. The summed E-state index contributed by atoms with van der Waals surface area (Å²) < 4.78 is 51.4. The fourth-order valence-corrected chi connectivity index (χ4v) is 4.01. The highest BCUT2D eigenvalue weighted by Gasteiger charge is 2.28. The van der Waals surface area contributed by atoms with E-state index in [1.807, 2.05) is 30.3 Å². The minimum Gasteiger partial charge on any atom is -0.497 e. The molecular weight excluding hydrogens is 572 g/mol. The molecule has 4 rings (SSSR count). The summed E-state index contributed by atoms with van der Waals surface area (Å²) in [6, 6.07) is 24.5. The number of benzene rings is 4. The monoisotopic (exact) mass is 603 g/mol. The minimum absolute atomic E-state index is 0.0433. The first-order chi connectivity index (χ1) is 21.4. The Labute approximate surface area is 253 Å². The van der Waals surface area contributed by atoms with Gasteiger partial charge < -0.3 is 24.3 Å². The SMILES string of the molecule is CCOC(C(=O)NCc1ccc(/N=C/NC(=O)OCc2ccccc2)cc1)c1c(F)cc(Oc2ccc(OC)cc2)cc1F. The average molecular weight is 604 g/mol. The molecule has 1 unspecified atom stereocenters. The number of methoxy groups -OCH3 is 1. The number of nitrogens with one attached hydrogen (secondary N) is 2. The first-order valence-corrected chi connectivity index (χ1v) is 13.6. The highest BCUT2D eigenvalue weighted by molar-refractivity contribution is 5.83. The van der Waals surface area contributed by atoms with Gasteiger partial charge in [0.05, 0.1) is 24.7 Å². The van der Waals surface area contributed by atoms with Crippen molar-refractivity contribution in [2.24, 2.45) is 4.99 Å². The van der Waals surface area contributed by atoms with E-state index in [0.29, 0.717) is 22.7 Å². The molecule has 0 saturated heterocycles. The molecule has 0 bridgehead atoms. The minimum atomic E-state index is -1.52. The standard InChI is InChI=1S/C33H31F2N3O6/c1-3-42-31(30-28(34)17-27(18-29(30)35)44-26-15-13-25(41-2)14-16-26)32(39)36-19-22-9-11-24(12-10-22)37-21-38-33(40)43-20-23-7-5-4-6-8-23/h4-18,21,31H,3,19-20H2,1-2H3,(H,36,39)(H,37,38,40). The topological polar surface area (TPSA) is 107 Å². The lowest BCUT2D eigenvalue weighted by Crippen LogP contribution is -2.31. The Morgan fingerprint density at radius 1 is 0.864 bits per heavy atom. The van der Waals surface area contributed by atoms with Crippen LogP contribution in [0.4, 0.5) is 19.3 Å². The van der Waals surface area contributed by atoms with Gasteiger partial charge in [-0.25, -0.2) is 18.6 Å². The quantitative estimate of drug-likeness (QED) is 0.129. The van der Waals surface area contributed by atoms with Crippen LogP contribution in [-0.2, 0) is 27.4 Å². The van der Waals surface area contributed by atoms with E-state index in [1.165, 1.54) is 13.4 Å². The van der Waals surface area contributed by atoms with Crippen LogP contribution in [0, 0.1) is 11.6 Å². The van der Waals surface area contributed by atoms with Crippen LogP contribution in [0.2, 0.25) is 0 Å². The van der Waals surface area contributed by atoms with Crippen LogP contribution in [0.1, 0.15) is 29.7 Å². The van der Waals surface area contributed by atoms with Crippen molar-refractivity contribution >= 4 is 24.0 Å². The summed E-state index contributed by atoms with van der Waals surface area (Å²) in [6.45, 7) is 1.86. The predicted octanol–water partition coefficient (Wildman–Crippen LogP) is 6.75. The maximum absolute atomic E-state index is 15.1. The van der Waals surface area contributed by atoms with Gasteiger partial charge in [0.25, 0.3) is 5.91 Å². The maximum atomic E-state index is 15.1. The first kappa shape index (κ1) is 31.6. The predicted molar refractivity (Wildman–Crippen MR) is 160 cm³/mol. The van der Waals surface area contributed by atoms with Crippen molar-refractivity contribution in [2.45, 2.75) is 26.2 Å². The molecule has 0 fully saturated rings. The number of ether oxygens (including phenoxy) is 4. The van der Waals surface area contributed by atoms with Crippen molar-refractivity contribution in [2.75, 3.05) is 13.7 Å². The first-order valence-electron chi connectivity index (χ1n) is 13.6. The fraction of sp³-hybridized carbons (Fsp3) is 0.182. The highest BCUT2D eigenvalue weighted by Crippen LogP contribution is 2.31. The summed E-state index contributed by atoms with van der Waals surface area (Å²) in [5.41, 5.74) is 1.58. The van der Waals surface area contributed by atoms with Crippen molar-refractivity contribution in [3.8, 4) is 17.2 Å². The molecule has 0 aliphatic carbocycles. The molecule has 228 valence electrons. The van der Waals surface area contributed by atoms with Crippen molar-refractivity contribution in [3.05, 3.63) is 119 Å². The molecular formula is C33H31F2N3O6. The molecule has 0 spiro atoms. The zero-order chi connectivity index (χ0) is 31.3. The second kappa shape index (κ2) is 15.8. The number of carbonyl (C=O) groups excluding carboxylic acids is 2. The highest BCUT2D eigenvalue weighted by atomic mass is 19.1. The molecule has 4 aromatic carbocycles. The zero-order valence-electron chi connectivity index (χ0n) is 24.1. The van der Waals surface area contributed by atoms with E-state index < -0.39 is 35.3 Å². The molecule has 0 saturated carbocycles. The molecule has 0 aliphatic heterocycles. The van der Waals surface area contributed by atoms with Gasteiger partial charge in [-0.1, -0.05) is 42.5 Å². The van der Waals surface area contributed by atoms with Gasteiger partial charge in [0, 0.05) is 25.3 Å². The lowest BCUT2D eigenvalue weighted by Gasteiger charge is -2.19. The van der Waals surface area contributed by atoms with Crippen molar-refractivity contribution in [1.29, 1.82) is 0 Å². The Morgan fingerprint density at radius 2 is 1.52 bits per heavy atom. The summed E-state index contributed by atoms with van der Waals surface area (Å²) in [5.74, 6) is -1.80. The third kappa shape index (κ3) is 9.10. The lowest BCUT2D eigenvalue weighted by molar-refractivity contribution is -0.133. The number of alkyl carbamates (subject to hydrolysis) is 1. The summed E-state index contributed by atoms with van der Waals surface area (Å²) in [6.07, 6.45) is -0.951. The van der Waals surface area contributed by atoms with Crippen LogP contribution in [0.5, 0.6) is 17.2 Å². The number of nitrogens with zero attached hydrogens (tertiary/aromatic N) is 1. The van der Waals surface area contributed by atoms with Gasteiger partial charge in [-0.05, 0) is 54.4 Å². The van der Waals surface area contributed by atoms with Crippen molar-refractivity contribution in [3.63, 3.8) is 0 Å². The van der Waals surface area contributed by atoms with Gasteiger partial charge in [0.2, 0.25) is 0 Å². The van der Waals surface area contributed by atoms with E-state index >= 15 is 8.78 Å². The second-order valence-corrected chi connectivity index (χ2v) is 9.26. The van der Waals surface area contributed by atoms with Crippen molar-refractivity contribution in [1.82, 2.24) is 10.6 Å². The van der Waals surface area contributed by atoms with E-state index in [-0.39, 0.29) is 25.5 Å². The van der Waals surface area contributed by atoms with Gasteiger partial charge in [0.15, 0.2) is 6.10 Å². The van der Waals surface area contributed by atoms with Gasteiger partial charge in [0.1, 0.15) is 35.5 Å². The van der Waals surface area contributed by atoms with Gasteiger partial charge in [-0.3, -0.25) is 10.1 Å². The number of halogens is 2. The summed E-state index contributed by atoms with van der Waals surface area (Å²) >= 11 is 0. The Hall–Kier alpha value is -5.29. The molecule has 0 radical (unpaired) electrons. The molecule has 9 nitrogen and oxygen atoms in total. The lowest BCUT2D eigenvalue weighted by atomic mass is 10.1. The molecule has 0 heterocycles. The van der Waals surface area contributed by atoms with Crippen LogP contribution in [0.25, 0.3) is 0 Å². The number of carbonyl (C=O) groups is 2. The molecule has 2 amide bonds. The van der Waals surface area contributed by atoms with Crippen molar-refractivity contribution < 1.29 is 37.3 Å². The summed E-state index contributed by atoms with van der Waals surface area (Å²) in [4.78, 5) is 29.0. The van der Waals surface area contributed by atoms with Crippen LogP contribution in [0.3, 0.4) is 0 Å². The molecule has 2 N–H and O–H groups in total. The second-order valence-electron chi connectivity index (χ2n) is 9.26. The summed E-state index contributed by atoms with van der Waals surface area (Å²) in [7, 11) is 1.52. The third-order valence-corrected chi connectivity index (χ3v) is 6.19. The normalized spacial score (nSPS) is 11.5. The smallest absolute Gasteiger partial charge is 0.412 e. The number of amides is 2. The Kier molecular flexibility index (Phi) is 11.4. The maximum Gasteiger partial charge on any atom is 0.412 e. The van der Waals surface area contributed by atoms with Gasteiger partial charge in [-0.2, -0.15) is 0 Å². The van der Waals surface area contributed by atoms with Gasteiger partial charge >= 0.3 is 6.09 Å². The molecule has 11 heteroatoms. The van der Waals surface area contributed by atoms with E-state index in [0.717, 1.165) is 17.7 Å². The number of hydrogen-bond acceptors (Lipinski definition) is 7. The molecule has 0 aliphatic rings. The van der Waals surface area contributed by atoms with Crippen LogP contribution in [0.15, 0.2) is 96.0 Å². The molecule has 1 atom stereocenters. The van der Waals surface area contributed by atoms with Crippen LogP contribution < -0.4 is 20.1 Å². The van der Waals surface area contributed by atoms with Crippen LogP contribution in [-0.4, -0.2) is 32.1 Å². The molecule has 4 aromatic rings. The van der Waals surface area contributed by atoms with E-state index in [9.17, 15) is 9.59 Å². The Morgan fingerprint density at radius 3 is 2.16 bits per heavy atom. The summed E-state index contributed by atoms with van der Waals surface area (Å²) in [5, 5.41) is 5.08. The van der Waals surface area contributed by atoms with Gasteiger partial charge in [-0.15, -0.1) is 0 Å². The molecule has 44 heavy (non-hydrogen) atoms. The average Bonchev–Trinajstić information content (AvgIpc) is 3.03. The third-order valence-electron chi connectivity index (χ3n) is 6.19. The number of hydrogen-bond donors (Lipinski definition) is 2. The Bertz CT molecular complexity index is 1540. The Balaban J connectivity index is 1.31. The fourth-order valence-electron chi connectivity index (χ4n) is 4.01. The van der Waals surface area contributed by atoms with E-state index in [1.54, 1.807) is 55.5 Å². The van der Waals surface area contributed by atoms with E-state index in [4.69, 9.17) is 18.9 Å². The largest absolute Gasteiger partial charge is 0.497 e. The number of rotatable bonds is 13. The van der Waals surface area contributed by atoms with E-state index in [2.05, 4.69) is 15.6 Å². The molecule has 0 aromatic heterocycles.